The van der Waals surface area contributed by atoms with E-state index in [1.807, 2.05) is 6.20 Å². The van der Waals surface area contributed by atoms with Gasteiger partial charge < -0.3 is 0 Å². The number of allylic oxidation sites excluding steroid dienone is 1. The molecule has 1 aliphatic heterocycles. The Labute approximate surface area is 69.2 Å². The first-order chi connectivity index (χ1) is 5.04. The largest absolute Gasteiger partial charge is 0.265 e. The maximum atomic E-state index is 4.41. The lowest BCUT2D eigenvalue weighted by molar-refractivity contribution is 0.583. The fraction of sp³-hybridized carbons (Fsp3) is 0.700. The lowest BCUT2D eigenvalue weighted by Gasteiger charge is -2.18. The van der Waals surface area contributed by atoms with Gasteiger partial charge in [-0.2, -0.15) is 0 Å². The second-order valence-electron chi connectivity index (χ2n) is 4.14. The van der Waals surface area contributed by atoms with Gasteiger partial charge in [-0.3, -0.25) is 4.99 Å². The summed E-state index contributed by atoms with van der Waals surface area (Å²) in [6.45, 7) is 8.85. The standard InChI is InChI=1S/C10H17N/c1-5-8-6-9(11-7-8)10(2,3)4/h7H,5-6H2,1-4H3. The molecule has 1 aliphatic rings. The topological polar surface area (TPSA) is 12.4 Å². The lowest BCUT2D eigenvalue weighted by Crippen LogP contribution is -2.18. The van der Waals surface area contributed by atoms with Crippen molar-refractivity contribution in [3.63, 3.8) is 0 Å². The van der Waals surface area contributed by atoms with Gasteiger partial charge in [-0.15, -0.1) is 0 Å². The Hall–Kier alpha value is -0.590. The molecule has 0 fully saturated rings. The minimum atomic E-state index is 0.257. The highest BCUT2D eigenvalue weighted by Crippen LogP contribution is 2.26. The molecule has 0 aromatic rings. The Morgan fingerprint density at radius 1 is 1.45 bits per heavy atom. The second-order valence-corrected chi connectivity index (χ2v) is 4.14. The molecule has 1 heteroatoms. The van der Waals surface area contributed by atoms with Gasteiger partial charge in [0.15, 0.2) is 0 Å². The third-order valence-electron chi connectivity index (χ3n) is 2.12. The van der Waals surface area contributed by atoms with Crippen LogP contribution in [0.3, 0.4) is 0 Å². The first-order valence-electron chi connectivity index (χ1n) is 4.29. The van der Waals surface area contributed by atoms with E-state index >= 15 is 0 Å². The summed E-state index contributed by atoms with van der Waals surface area (Å²) in [7, 11) is 0. The van der Waals surface area contributed by atoms with Gasteiger partial charge in [0.25, 0.3) is 0 Å². The monoisotopic (exact) mass is 151 g/mol. The van der Waals surface area contributed by atoms with Gasteiger partial charge in [0, 0.05) is 23.7 Å². The van der Waals surface area contributed by atoms with Gasteiger partial charge in [-0.1, -0.05) is 27.7 Å². The molecule has 0 saturated heterocycles. The molecular formula is C10H17N. The molecule has 11 heavy (non-hydrogen) atoms. The van der Waals surface area contributed by atoms with E-state index in [4.69, 9.17) is 0 Å². The smallest absolute Gasteiger partial charge is 0.0273 e. The minimum Gasteiger partial charge on any atom is -0.265 e. The normalized spacial score (nSPS) is 18.2. The fourth-order valence-corrected chi connectivity index (χ4v) is 1.15. The zero-order chi connectivity index (χ0) is 8.48. The summed E-state index contributed by atoms with van der Waals surface area (Å²) in [5.74, 6) is 0. The van der Waals surface area contributed by atoms with E-state index in [2.05, 4.69) is 32.7 Å². The molecule has 0 radical (unpaired) electrons. The molecule has 1 rings (SSSR count). The average Bonchev–Trinajstić information content (AvgIpc) is 2.32. The average molecular weight is 151 g/mol. The zero-order valence-corrected chi connectivity index (χ0v) is 7.94. The number of hydrogen-bond donors (Lipinski definition) is 0. The zero-order valence-electron chi connectivity index (χ0n) is 7.94. The molecule has 0 aromatic carbocycles. The minimum absolute atomic E-state index is 0.257. The molecule has 0 N–H and O–H groups in total. The number of hydrogen-bond acceptors (Lipinski definition) is 1. The highest BCUT2D eigenvalue weighted by molar-refractivity contribution is 5.93. The molecule has 1 heterocycles. The molecule has 0 unspecified atom stereocenters. The van der Waals surface area contributed by atoms with Crippen LogP contribution in [0.4, 0.5) is 0 Å². The van der Waals surface area contributed by atoms with E-state index in [0.29, 0.717) is 0 Å². The van der Waals surface area contributed by atoms with Crippen molar-refractivity contribution in [2.45, 2.75) is 40.5 Å². The second kappa shape index (κ2) is 2.80. The summed E-state index contributed by atoms with van der Waals surface area (Å²) in [5, 5.41) is 0. The van der Waals surface area contributed by atoms with E-state index in [1.54, 1.807) is 0 Å². The summed E-state index contributed by atoms with van der Waals surface area (Å²) in [4.78, 5) is 4.41. The Balaban J connectivity index is 2.60. The Kier molecular flexibility index (Phi) is 2.17. The Morgan fingerprint density at radius 3 is 2.36 bits per heavy atom. The van der Waals surface area contributed by atoms with Crippen LogP contribution in [0.25, 0.3) is 0 Å². The molecule has 0 amide bonds. The van der Waals surface area contributed by atoms with Crippen LogP contribution in [-0.4, -0.2) is 5.71 Å². The van der Waals surface area contributed by atoms with Crippen LogP contribution < -0.4 is 0 Å². The lowest BCUT2D eigenvalue weighted by atomic mass is 9.87. The van der Waals surface area contributed by atoms with Gasteiger partial charge in [0.2, 0.25) is 0 Å². The van der Waals surface area contributed by atoms with Crippen LogP contribution in [0.1, 0.15) is 40.5 Å². The van der Waals surface area contributed by atoms with Crippen molar-refractivity contribution in [2.24, 2.45) is 10.4 Å². The van der Waals surface area contributed by atoms with Crippen molar-refractivity contribution < 1.29 is 0 Å². The third-order valence-corrected chi connectivity index (χ3v) is 2.12. The summed E-state index contributed by atoms with van der Waals surface area (Å²) in [6, 6.07) is 0. The molecule has 0 saturated carbocycles. The maximum Gasteiger partial charge on any atom is 0.0273 e. The van der Waals surface area contributed by atoms with Gasteiger partial charge in [0.1, 0.15) is 0 Å². The van der Waals surface area contributed by atoms with Gasteiger partial charge in [0.05, 0.1) is 0 Å². The van der Waals surface area contributed by atoms with Crippen LogP contribution in [0.15, 0.2) is 16.8 Å². The predicted octanol–water partition coefficient (Wildman–Crippen LogP) is 3.17. The summed E-state index contributed by atoms with van der Waals surface area (Å²) < 4.78 is 0. The van der Waals surface area contributed by atoms with Crippen molar-refractivity contribution in [2.75, 3.05) is 0 Å². The predicted molar refractivity (Wildman–Crippen MR) is 49.9 cm³/mol. The first-order valence-corrected chi connectivity index (χ1v) is 4.29. The molecule has 0 atom stereocenters. The molecular weight excluding hydrogens is 134 g/mol. The van der Waals surface area contributed by atoms with Gasteiger partial charge in [-0.05, 0) is 12.0 Å². The van der Waals surface area contributed by atoms with E-state index in [0.717, 1.165) is 12.8 Å². The summed E-state index contributed by atoms with van der Waals surface area (Å²) in [5.41, 5.74) is 3.05. The Morgan fingerprint density at radius 2 is 2.09 bits per heavy atom. The first kappa shape index (κ1) is 8.51. The highest BCUT2D eigenvalue weighted by atomic mass is 14.8. The van der Waals surface area contributed by atoms with Crippen LogP contribution in [0.5, 0.6) is 0 Å². The molecule has 62 valence electrons. The number of nitrogens with zero attached hydrogens (tertiary/aromatic N) is 1. The van der Waals surface area contributed by atoms with E-state index in [-0.39, 0.29) is 5.41 Å². The molecule has 1 nitrogen and oxygen atoms in total. The van der Waals surface area contributed by atoms with E-state index in [1.165, 1.54) is 11.3 Å². The Bertz CT molecular complexity index is 203. The third kappa shape index (κ3) is 1.92. The molecule has 0 spiro atoms. The van der Waals surface area contributed by atoms with Gasteiger partial charge >= 0.3 is 0 Å². The maximum absolute atomic E-state index is 4.41. The van der Waals surface area contributed by atoms with E-state index < -0.39 is 0 Å². The summed E-state index contributed by atoms with van der Waals surface area (Å²) >= 11 is 0. The quantitative estimate of drug-likeness (QED) is 0.546. The number of rotatable bonds is 1. The molecule has 0 bridgehead atoms. The van der Waals surface area contributed by atoms with Crippen LogP contribution >= 0.6 is 0 Å². The molecule has 0 aromatic heterocycles. The van der Waals surface area contributed by atoms with Crippen molar-refractivity contribution in [3.8, 4) is 0 Å². The van der Waals surface area contributed by atoms with Crippen LogP contribution in [0, 0.1) is 5.41 Å². The van der Waals surface area contributed by atoms with Crippen molar-refractivity contribution in [1.29, 1.82) is 0 Å². The SMILES string of the molecule is CCC1=CN=C(C(C)(C)C)C1. The summed E-state index contributed by atoms with van der Waals surface area (Å²) in [6.07, 6.45) is 4.27. The molecule has 0 aliphatic carbocycles. The van der Waals surface area contributed by atoms with Gasteiger partial charge in [-0.25, -0.2) is 0 Å². The highest BCUT2D eigenvalue weighted by Gasteiger charge is 2.21. The van der Waals surface area contributed by atoms with Crippen molar-refractivity contribution in [1.82, 2.24) is 0 Å². The van der Waals surface area contributed by atoms with E-state index in [9.17, 15) is 0 Å². The van der Waals surface area contributed by atoms with Crippen molar-refractivity contribution in [3.05, 3.63) is 11.8 Å². The van der Waals surface area contributed by atoms with Crippen LogP contribution in [-0.2, 0) is 0 Å². The fourth-order valence-electron chi connectivity index (χ4n) is 1.15. The van der Waals surface area contributed by atoms with Crippen LogP contribution in [0.2, 0.25) is 0 Å². The van der Waals surface area contributed by atoms with Crippen molar-refractivity contribution >= 4 is 5.71 Å². The number of aliphatic imine (C=N–C) groups is 1.